The zero-order chi connectivity index (χ0) is 16.5. The molecule has 1 saturated heterocycles. The largest absolute Gasteiger partial charge is 0.460 e. The van der Waals surface area contributed by atoms with E-state index in [1.165, 1.54) is 5.38 Å². The molecule has 0 radical (unpaired) electrons. The van der Waals surface area contributed by atoms with Crippen molar-refractivity contribution in [2.75, 3.05) is 18.1 Å². The fraction of sp³-hybridized carbons (Fsp3) is 0.455. The zero-order valence-corrected chi connectivity index (χ0v) is 13.1. The number of hydrogen-bond acceptors (Lipinski definition) is 8. The Hall–Kier alpha value is -1.85. The predicted molar refractivity (Wildman–Crippen MR) is 76.9 cm³/mol. The summed E-state index contributed by atoms with van der Waals surface area (Å²) >= 11 is 0.957. The summed E-state index contributed by atoms with van der Waals surface area (Å²) in [6.07, 6.45) is -0.237. The van der Waals surface area contributed by atoms with E-state index in [1.807, 2.05) is 0 Å². The predicted octanol–water partition coefficient (Wildman–Crippen LogP) is -0.717. The molecule has 2 N–H and O–H groups in total. The van der Waals surface area contributed by atoms with E-state index in [1.54, 1.807) is 6.92 Å². The maximum atomic E-state index is 11.8. The number of rotatable bonds is 5. The highest BCUT2D eigenvalue weighted by atomic mass is 32.2. The van der Waals surface area contributed by atoms with Gasteiger partial charge in [0.2, 0.25) is 15.9 Å². The number of nitrogens with zero attached hydrogens (tertiary/aromatic N) is 2. The fourth-order valence-corrected chi connectivity index (χ4v) is 3.44. The van der Waals surface area contributed by atoms with Crippen LogP contribution in [0.1, 0.15) is 23.8 Å². The van der Waals surface area contributed by atoms with Gasteiger partial charge in [0.05, 0.1) is 6.61 Å². The lowest BCUT2D eigenvalue weighted by molar-refractivity contribution is -0.137. The first kappa shape index (κ1) is 16.5. The Labute approximate surface area is 130 Å². The van der Waals surface area contributed by atoms with Gasteiger partial charge in [0, 0.05) is 18.3 Å². The minimum absolute atomic E-state index is 0.0578. The number of carbonyl (C=O) groups excluding carboxylic acids is 3. The molecule has 22 heavy (non-hydrogen) atoms. The lowest BCUT2D eigenvalue weighted by Crippen LogP contribution is -2.32. The second-order valence-electron chi connectivity index (χ2n) is 4.48. The van der Waals surface area contributed by atoms with E-state index >= 15 is 0 Å². The number of nitrogens with two attached hydrogens (primary N) is 1. The van der Waals surface area contributed by atoms with Gasteiger partial charge in [0.25, 0.3) is 5.78 Å². The molecule has 0 saturated carbocycles. The van der Waals surface area contributed by atoms with Gasteiger partial charge in [0.15, 0.2) is 5.13 Å². The number of Topliss-reactive ketones (excluding diaryl/α,β-unsaturated/α-hetero) is 1. The quantitative estimate of drug-likeness (QED) is 0.421. The van der Waals surface area contributed by atoms with Crippen molar-refractivity contribution < 1.29 is 27.5 Å². The molecule has 1 atom stereocenters. The van der Waals surface area contributed by atoms with Gasteiger partial charge in [-0.25, -0.2) is 23.3 Å². The van der Waals surface area contributed by atoms with E-state index in [0.717, 1.165) is 16.2 Å². The molecule has 0 aliphatic carbocycles. The molecule has 1 unspecified atom stereocenters. The first-order chi connectivity index (χ1) is 10.2. The number of sulfonamides is 1. The highest BCUT2D eigenvalue weighted by molar-refractivity contribution is 7.89. The molecule has 0 bridgehead atoms. The molecule has 1 aromatic heterocycles. The molecule has 1 fully saturated rings. The van der Waals surface area contributed by atoms with Gasteiger partial charge in [-0.15, -0.1) is 11.3 Å². The highest BCUT2D eigenvalue weighted by Crippen LogP contribution is 2.27. The van der Waals surface area contributed by atoms with Gasteiger partial charge in [-0.3, -0.25) is 14.5 Å². The third kappa shape index (κ3) is 3.31. The van der Waals surface area contributed by atoms with Gasteiger partial charge in [-0.1, -0.05) is 0 Å². The Morgan fingerprint density at radius 2 is 2.23 bits per heavy atom. The van der Waals surface area contributed by atoms with Crippen molar-refractivity contribution in [3.05, 3.63) is 11.1 Å². The number of primary sulfonamides is 1. The zero-order valence-electron chi connectivity index (χ0n) is 11.5. The molecule has 2 heterocycles. The average molecular weight is 347 g/mol. The number of aromatic nitrogens is 1. The third-order valence-corrected chi connectivity index (χ3v) is 5.08. The summed E-state index contributed by atoms with van der Waals surface area (Å²) in [6.45, 7) is 1.49. The van der Waals surface area contributed by atoms with Crippen LogP contribution in [0.2, 0.25) is 0 Å². The molecule has 0 spiro atoms. The Balaban J connectivity index is 2.17. The van der Waals surface area contributed by atoms with E-state index in [4.69, 9.17) is 5.14 Å². The first-order valence-corrected chi connectivity index (χ1v) is 8.72. The van der Waals surface area contributed by atoms with Crippen LogP contribution in [0.25, 0.3) is 0 Å². The Morgan fingerprint density at radius 3 is 2.77 bits per heavy atom. The number of esters is 1. The lowest BCUT2D eigenvalue weighted by atomic mass is 10.3. The smallest absolute Gasteiger partial charge is 0.381 e. The molecule has 9 nitrogen and oxygen atoms in total. The number of hydrogen-bond donors (Lipinski definition) is 1. The standard InChI is InChI=1S/C11H13N3O6S2/c1-2-20-10(17)9(16)7-5-21-11(13-7)14-4-6(3-8(14)15)22(12,18)19/h5-6H,2-4H2,1H3,(H2,12,18,19). The highest BCUT2D eigenvalue weighted by Gasteiger charge is 2.38. The topological polar surface area (TPSA) is 137 Å². The van der Waals surface area contributed by atoms with Crippen LogP contribution in [-0.2, 0) is 24.3 Å². The molecule has 1 aromatic rings. The fourth-order valence-electron chi connectivity index (χ4n) is 1.87. The molecule has 1 amide bonds. The minimum atomic E-state index is -3.83. The summed E-state index contributed by atoms with van der Waals surface area (Å²) in [5, 5.41) is 5.48. The van der Waals surface area contributed by atoms with Gasteiger partial charge in [0.1, 0.15) is 10.9 Å². The molecule has 1 aliphatic heterocycles. The molecule has 11 heteroatoms. The van der Waals surface area contributed by atoms with Crippen LogP contribution in [0.5, 0.6) is 0 Å². The summed E-state index contributed by atoms with van der Waals surface area (Å²) in [5.74, 6) is -2.41. The van der Waals surface area contributed by atoms with E-state index in [-0.39, 0.29) is 30.4 Å². The molecule has 2 rings (SSSR count). The summed E-state index contributed by atoms with van der Waals surface area (Å²) in [4.78, 5) is 39.9. The average Bonchev–Trinajstić information content (AvgIpc) is 3.03. The van der Waals surface area contributed by atoms with Crippen molar-refractivity contribution in [2.24, 2.45) is 5.14 Å². The Morgan fingerprint density at radius 1 is 1.55 bits per heavy atom. The van der Waals surface area contributed by atoms with E-state index < -0.39 is 32.9 Å². The van der Waals surface area contributed by atoms with E-state index in [0.29, 0.717) is 0 Å². The molecule has 1 aliphatic rings. The van der Waals surface area contributed by atoms with Crippen molar-refractivity contribution in [3.63, 3.8) is 0 Å². The van der Waals surface area contributed by atoms with Gasteiger partial charge in [-0.2, -0.15) is 0 Å². The maximum absolute atomic E-state index is 11.8. The van der Waals surface area contributed by atoms with Crippen molar-refractivity contribution in [2.45, 2.75) is 18.6 Å². The first-order valence-electron chi connectivity index (χ1n) is 6.23. The van der Waals surface area contributed by atoms with Gasteiger partial charge >= 0.3 is 5.97 Å². The third-order valence-electron chi connectivity index (χ3n) is 2.97. The van der Waals surface area contributed by atoms with Crippen molar-refractivity contribution in [1.29, 1.82) is 0 Å². The van der Waals surface area contributed by atoms with Gasteiger partial charge in [-0.05, 0) is 6.92 Å². The summed E-state index contributed by atoms with van der Waals surface area (Å²) in [7, 11) is -3.83. The van der Waals surface area contributed by atoms with Crippen molar-refractivity contribution in [1.82, 2.24) is 4.98 Å². The van der Waals surface area contributed by atoms with Crippen LogP contribution < -0.4 is 10.0 Å². The number of anilines is 1. The van der Waals surface area contributed by atoms with Crippen molar-refractivity contribution in [3.8, 4) is 0 Å². The van der Waals surface area contributed by atoms with E-state index in [9.17, 15) is 22.8 Å². The SMILES string of the molecule is CCOC(=O)C(=O)c1csc(N2CC(S(N)(=O)=O)CC2=O)n1. The van der Waals surface area contributed by atoms with Crippen LogP contribution in [0.15, 0.2) is 5.38 Å². The number of ether oxygens (including phenoxy) is 1. The summed E-state index contributed by atoms with van der Waals surface area (Å²) in [5.41, 5.74) is -0.148. The van der Waals surface area contributed by atoms with Crippen LogP contribution in [0, 0.1) is 0 Å². The molecule has 0 aromatic carbocycles. The van der Waals surface area contributed by atoms with E-state index in [2.05, 4.69) is 9.72 Å². The van der Waals surface area contributed by atoms with Crippen LogP contribution >= 0.6 is 11.3 Å². The van der Waals surface area contributed by atoms with Crippen LogP contribution in [0.3, 0.4) is 0 Å². The number of ketones is 1. The Bertz CT molecular complexity index is 726. The number of amides is 1. The van der Waals surface area contributed by atoms with Crippen LogP contribution in [0.4, 0.5) is 5.13 Å². The number of thiazole rings is 1. The molecular formula is C11H13N3O6S2. The summed E-state index contributed by atoms with van der Waals surface area (Å²) in [6, 6.07) is 0. The van der Waals surface area contributed by atoms with Crippen molar-refractivity contribution >= 4 is 44.2 Å². The molecule has 120 valence electrons. The monoisotopic (exact) mass is 347 g/mol. The second-order valence-corrected chi connectivity index (χ2v) is 7.17. The van der Waals surface area contributed by atoms with Gasteiger partial charge < -0.3 is 4.74 Å². The lowest BCUT2D eigenvalue weighted by Gasteiger charge is -2.11. The summed E-state index contributed by atoms with van der Waals surface area (Å²) < 4.78 is 27.2. The molecular weight excluding hydrogens is 334 g/mol. The Kier molecular flexibility index (Phi) is 4.58. The van der Waals surface area contributed by atoms with Crippen LogP contribution in [-0.4, -0.2) is 49.5 Å². The minimum Gasteiger partial charge on any atom is -0.460 e. The maximum Gasteiger partial charge on any atom is 0.381 e. The second kappa shape index (κ2) is 6.10. The number of carbonyl (C=O) groups is 3. The normalized spacial score (nSPS) is 18.5.